The number of carbonyl (C=O) groups excluding carboxylic acids is 1. The number of carbonyl (C=O) groups is 1. The minimum atomic E-state index is -0.198. The number of hydrogen-bond acceptors (Lipinski definition) is 7. The van der Waals surface area contributed by atoms with Gasteiger partial charge in [-0.1, -0.05) is 0 Å². The number of aromatic amines is 1. The molecule has 0 spiro atoms. The summed E-state index contributed by atoms with van der Waals surface area (Å²) < 4.78 is 5.35. The monoisotopic (exact) mass is 305 g/mol. The maximum absolute atomic E-state index is 12.3. The molecule has 0 aliphatic carbocycles. The normalized spacial score (nSPS) is 16.1. The van der Waals surface area contributed by atoms with E-state index < -0.39 is 0 Å². The Bertz CT molecular complexity index is 602. The fourth-order valence-corrected chi connectivity index (χ4v) is 2.42. The topological polar surface area (TPSA) is 103 Å². The van der Waals surface area contributed by atoms with Crippen LogP contribution >= 0.6 is 0 Å². The fourth-order valence-electron chi connectivity index (χ4n) is 2.42. The molecule has 3 heterocycles. The molecule has 1 aliphatic rings. The Labute approximate surface area is 127 Å². The Balaban J connectivity index is 1.52. The number of nitrogens with zero attached hydrogens (tertiary/aromatic N) is 5. The van der Waals surface area contributed by atoms with E-state index in [1.165, 1.54) is 0 Å². The number of amides is 1. The molecule has 2 aromatic rings. The molecule has 0 atom stereocenters. The summed E-state index contributed by atoms with van der Waals surface area (Å²) in [6.07, 6.45) is 3.49. The first kappa shape index (κ1) is 14.7. The lowest BCUT2D eigenvalue weighted by atomic mass is 10.3. The second-order valence-electron chi connectivity index (χ2n) is 5.18. The molecule has 1 saturated heterocycles. The molecule has 0 radical (unpaired) electrons. The van der Waals surface area contributed by atoms with E-state index in [2.05, 4.69) is 30.4 Å². The van der Waals surface area contributed by atoms with Crippen LogP contribution in [0.15, 0.2) is 16.9 Å². The lowest BCUT2D eigenvalue weighted by Crippen LogP contribution is -2.48. The number of nitrogens with one attached hydrogen (secondary N) is 2. The Morgan fingerprint density at radius 3 is 2.86 bits per heavy atom. The maximum atomic E-state index is 12.3. The molecule has 9 heteroatoms. The van der Waals surface area contributed by atoms with Crippen LogP contribution in [0.2, 0.25) is 0 Å². The summed E-state index contributed by atoms with van der Waals surface area (Å²) in [5.74, 6) is 0.284. The summed E-state index contributed by atoms with van der Waals surface area (Å²) in [6.45, 7) is 4.19. The summed E-state index contributed by atoms with van der Waals surface area (Å²) in [7, 11) is 1.78. The molecule has 1 amide bonds. The number of aromatic nitrogens is 4. The van der Waals surface area contributed by atoms with Gasteiger partial charge in [-0.25, -0.2) is 4.98 Å². The van der Waals surface area contributed by atoms with Crippen LogP contribution in [0.5, 0.6) is 0 Å². The van der Waals surface area contributed by atoms with Gasteiger partial charge in [-0.3, -0.25) is 9.69 Å². The van der Waals surface area contributed by atoms with E-state index in [4.69, 9.17) is 4.42 Å². The van der Waals surface area contributed by atoms with E-state index in [9.17, 15) is 4.79 Å². The van der Waals surface area contributed by atoms with Crippen molar-refractivity contribution in [2.24, 2.45) is 0 Å². The van der Waals surface area contributed by atoms with E-state index in [0.717, 1.165) is 25.3 Å². The summed E-state index contributed by atoms with van der Waals surface area (Å²) in [4.78, 5) is 23.4. The highest BCUT2D eigenvalue weighted by Crippen LogP contribution is 2.10. The van der Waals surface area contributed by atoms with Crippen molar-refractivity contribution in [3.63, 3.8) is 0 Å². The van der Waals surface area contributed by atoms with E-state index in [0.29, 0.717) is 25.5 Å². The van der Waals surface area contributed by atoms with Crippen molar-refractivity contribution < 1.29 is 9.21 Å². The lowest BCUT2D eigenvalue weighted by molar-refractivity contribution is 0.0587. The van der Waals surface area contributed by atoms with Gasteiger partial charge in [-0.2, -0.15) is 0 Å². The zero-order valence-electron chi connectivity index (χ0n) is 12.4. The van der Waals surface area contributed by atoms with Gasteiger partial charge in [0.05, 0.1) is 12.9 Å². The van der Waals surface area contributed by atoms with Crippen LogP contribution in [0.4, 0.5) is 0 Å². The van der Waals surface area contributed by atoms with Crippen molar-refractivity contribution in [3.05, 3.63) is 30.0 Å². The highest BCUT2D eigenvalue weighted by atomic mass is 16.4. The van der Waals surface area contributed by atoms with E-state index in [1.54, 1.807) is 18.3 Å². The number of hydrogen-bond donors (Lipinski definition) is 2. The van der Waals surface area contributed by atoms with E-state index in [1.807, 2.05) is 6.20 Å². The molecule has 9 nitrogen and oxygen atoms in total. The molecule has 1 aliphatic heterocycles. The first-order chi connectivity index (χ1) is 10.8. The van der Waals surface area contributed by atoms with E-state index in [-0.39, 0.29) is 11.8 Å². The Kier molecular flexibility index (Phi) is 4.45. The fraction of sp³-hybridized carbons (Fsp3) is 0.538. The number of rotatable bonds is 5. The van der Waals surface area contributed by atoms with Crippen molar-refractivity contribution in [1.82, 2.24) is 35.3 Å². The Morgan fingerprint density at radius 2 is 2.18 bits per heavy atom. The predicted molar refractivity (Wildman–Crippen MR) is 76.8 cm³/mol. The van der Waals surface area contributed by atoms with Crippen molar-refractivity contribution in [2.75, 3.05) is 33.2 Å². The van der Waals surface area contributed by atoms with Crippen LogP contribution in [0.1, 0.15) is 22.3 Å². The van der Waals surface area contributed by atoms with Crippen molar-refractivity contribution in [2.45, 2.75) is 13.1 Å². The van der Waals surface area contributed by atoms with Gasteiger partial charge in [0.1, 0.15) is 0 Å². The van der Waals surface area contributed by atoms with Gasteiger partial charge in [0.15, 0.2) is 0 Å². The minimum absolute atomic E-state index is 0.0623. The molecule has 0 saturated carbocycles. The summed E-state index contributed by atoms with van der Waals surface area (Å²) in [5.41, 5.74) is 1.08. The van der Waals surface area contributed by atoms with Gasteiger partial charge in [0.2, 0.25) is 5.89 Å². The molecule has 0 bridgehead atoms. The quantitative estimate of drug-likeness (QED) is 0.765. The number of piperazine rings is 1. The highest BCUT2D eigenvalue weighted by Gasteiger charge is 2.26. The van der Waals surface area contributed by atoms with Gasteiger partial charge in [0.25, 0.3) is 0 Å². The Morgan fingerprint density at radius 1 is 1.36 bits per heavy atom. The second kappa shape index (κ2) is 6.67. The van der Waals surface area contributed by atoms with Crippen molar-refractivity contribution in [3.8, 4) is 0 Å². The third-order valence-corrected chi connectivity index (χ3v) is 3.59. The average Bonchev–Trinajstić information content (AvgIpc) is 3.20. The standard InChI is InChI=1S/C13H19N7O2/c1-14-7-11-17-18-12(22-11)13(21)20-4-2-19(3-5-20)8-10-6-15-9-16-10/h6,9,14H,2-5,7-8H2,1H3,(H,15,16). The largest absolute Gasteiger partial charge is 0.415 e. The highest BCUT2D eigenvalue weighted by molar-refractivity contribution is 5.89. The molecule has 2 N–H and O–H groups in total. The maximum Gasteiger partial charge on any atom is 0.311 e. The molecule has 118 valence electrons. The number of imidazole rings is 1. The SMILES string of the molecule is CNCc1nnc(C(=O)N2CCN(Cc3cnc[nH]3)CC2)o1. The van der Waals surface area contributed by atoms with Gasteiger partial charge < -0.3 is 19.6 Å². The molecule has 0 aromatic carbocycles. The van der Waals surface area contributed by atoms with Crippen LogP contribution in [0.3, 0.4) is 0 Å². The second-order valence-corrected chi connectivity index (χ2v) is 5.18. The summed E-state index contributed by atoms with van der Waals surface area (Å²) in [5, 5.41) is 10.6. The minimum Gasteiger partial charge on any atom is -0.415 e. The van der Waals surface area contributed by atoms with Crippen LogP contribution in [0.25, 0.3) is 0 Å². The average molecular weight is 305 g/mol. The van der Waals surface area contributed by atoms with Crippen LogP contribution in [-0.2, 0) is 13.1 Å². The zero-order valence-corrected chi connectivity index (χ0v) is 12.4. The third kappa shape index (κ3) is 3.31. The molecular formula is C13H19N7O2. The molecule has 0 unspecified atom stereocenters. The van der Waals surface area contributed by atoms with Crippen LogP contribution in [0, 0.1) is 0 Å². The zero-order chi connectivity index (χ0) is 15.4. The molecule has 2 aromatic heterocycles. The molecular weight excluding hydrogens is 286 g/mol. The van der Waals surface area contributed by atoms with Crippen LogP contribution in [-0.4, -0.2) is 69.1 Å². The van der Waals surface area contributed by atoms with Gasteiger partial charge in [-0.05, 0) is 7.05 Å². The smallest absolute Gasteiger partial charge is 0.311 e. The van der Waals surface area contributed by atoms with E-state index >= 15 is 0 Å². The van der Waals surface area contributed by atoms with Gasteiger partial charge in [0, 0.05) is 44.6 Å². The van der Waals surface area contributed by atoms with Crippen molar-refractivity contribution in [1.29, 1.82) is 0 Å². The number of H-pyrrole nitrogens is 1. The predicted octanol–water partition coefficient (Wildman–Crippen LogP) is -0.530. The van der Waals surface area contributed by atoms with Gasteiger partial charge >= 0.3 is 11.8 Å². The first-order valence-corrected chi connectivity index (χ1v) is 7.22. The van der Waals surface area contributed by atoms with Crippen LogP contribution < -0.4 is 5.32 Å². The molecule has 3 rings (SSSR count). The third-order valence-electron chi connectivity index (χ3n) is 3.59. The lowest BCUT2D eigenvalue weighted by Gasteiger charge is -2.33. The first-order valence-electron chi connectivity index (χ1n) is 7.22. The summed E-state index contributed by atoms with van der Waals surface area (Å²) in [6, 6.07) is 0. The summed E-state index contributed by atoms with van der Waals surface area (Å²) >= 11 is 0. The van der Waals surface area contributed by atoms with Gasteiger partial charge in [-0.15, -0.1) is 10.2 Å². The van der Waals surface area contributed by atoms with Crippen molar-refractivity contribution >= 4 is 5.91 Å². The molecule has 1 fully saturated rings. The molecule has 22 heavy (non-hydrogen) atoms. The Hall–Kier alpha value is -2.26.